The Morgan fingerprint density at radius 1 is 1.39 bits per heavy atom. The minimum atomic E-state index is -0.278. The van der Waals surface area contributed by atoms with Gasteiger partial charge >= 0.3 is 0 Å². The van der Waals surface area contributed by atoms with E-state index in [1.807, 2.05) is 6.92 Å². The zero-order chi connectivity index (χ0) is 13.1. The third-order valence-corrected chi connectivity index (χ3v) is 3.13. The average molecular weight is 309 g/mol. The summed E-state index contributed by atoms with van der Waals surface area (Å²) in [6.07, 6.45) is 0.763. The summed E-state index contributed by atoms with van der Waals surface area (Å²) < 4.78 is 6.11. The molecule has 0 aliphatic rings. The predicted molar refractivity (Wildman–Crippen MR) is 74.6 cm³/mol. The number of hydrogen-bond acceptors (Lipinski definition) is 3. The van der Waals surface area contributed by atoms with Crippen molar-refractivity contribution in [3.8, 4) is 0 Å². The molecule has 0 saturated heterocycles. The fraction of sp³-hybridized carbons (Fsp3) is 0.154. The van der Waals surface area contributed by atoms with E-state index in [0.29, 0.717) is 17.1 Å². The Balaban J connectivity index is 2.16. The molecule has 0 saturated carbocycles. The van der Waals surface area contributed by atoms with Crippen molar-refractivity contribution in [2.75, 3.05) is 11.1 Å². The van der Waals surface area contributed by atoms with Gasteiger partial charge in [-0.3, -0.25) is 4.79 Å². The zero-order valence-corrected chi connectivity index (χ0v) is 11.5. The summed E-state index contributed by atoms with van der Waals surface area (Å²) in [5.74, 6) is 0.812. The van der Waals surface area contributed by atoms with E-state index in [9.17, 15) is 4.79 Å². The normalized spacial score (nSPS) is 10.3. The quantitative estimate of drug-likeness (QED) is 0.853. The minimum absolute atomic E-state index is 0.278. The number of anilines is 2. The lowest BCUT2D eigenvalue weighted by Gasteiger charge is -2.06. The molecule has 5 heteroatoms. The molecular weight excluding hydrogens is 296 g/mol. The van der Waals surface area contributed by atoms with Gasteiger partial charge < -0.3 is 15.5 Å². The Hall–Kier alpha value is -1.75. The number of nitrogen functional groups attached to an aromatic ring is 1. The van der Waals surface area contributed by atoms with E-state index < -0.39 is 0 Å². The van der Waals surface area contributed by atoms with Gasteiger partial charge in [0.25, 0.3) is 5.91 Å². The Bertz CT molecular complexity index is 578. The summed E-state index contributed by atoms with van der Waals surface area (Å²) in [6.45, 7) is 1.97. The van der Waals surface area contributed by atoms with Gasteiger partial charge in [0.1, 0.15) is 5.76 Å². The van der Waals surface area contributed by atoms with Crippen LogP contribution in [0.3, 0.4) is 0 Å². The summed E-state index contributed by atoms with van der Waals surface area (Å²) in [6, 6.07) is 8.66. The first-order valence-corrected chi connectivity index (χ1v) is 6.34. The Morgan fingerprint density at radius 3 is 2.78 bits per heavy atom. The molecule has 0 bridgehead atoms. The monoisotopic (exact) mass is 308 g/mol. The third-order valence-electron chi connectivity index (χ3n) is 2.48. The van der Waals surface area contributed by atoms with Crippen LogP contribution < -0.4 is 11.1 Å². The van der Waals surface area contributed by atoms with E-state index in [1.54, 1.807) is 30.3 Å². The summed E-state index contributed by atoms with van der Waals surface area (Å²) in [7, 11) is 0. The first kappa shape index (κ1) is 12.7. The highest BCUT2D eigenvalue weighted by Crippen LogP contribution is 2.25. The number of halogens is 1. The number of furan rings is 1. The largest absolute Gasteiger partial charge is 0.456 e. The number of amides is 1. The highest BCUT2D eigenvalue weighted by atomic mass is 79.9. The van der Waals surface area contributed by atoms with Crippen LogP contribution in [-0.2, 0) is 6.42 Å². The van der Waals surface area contributed by atoms with Crippen molar-refractivity contribution in [3.05, 3.63) is 46.3 Å². The molecule has 0 atom stereocenters. The number of nitrogens with one attached hydrogen (secondary N) is 1. The van der Waals surface area contributed by atoms with Crippen LogP contribution in [-0.4, -0.2) is 5.91 Å². The number of benzene rings is 1. The van der Waals surface area contributed by atoms with Gasteiger partial charge in [-0.2, -0.15) is 0 Å². The summed E-state index contributed by atoms with van der Waals surface area (Å²) in [5.41, 5.74) is 6.92. The van der Waals surface area contributed by atoms with Gasteiger partial charge in [0.2, 0.25) is 0 Å². The van der Waals surface area contributed by atoms with Crippen molar-refractivity contribution in [2.24, 2.45) is 0 Å². The van der Waals surface area contributed by atoms with Crippen LogP contribution in [0, 0.1) is 0 Å². The molecule has 94 valence electrons. The van der Waals surface area contributed by atoms with Crippen LogP contribution >= 0.6 is 15.9 Å². The maximum absolute atomic E-state index is 11.9. The fourth-order valence-electron chi connectivity index (χ4n) is 1.51. The van der Waals surface area contributed by atoms with E-state index in [-0.39, 0.29) is 5.91 Å². The van der Waals surface area contributed by atoms with Crippen LogP contribution in [0.2, 0.25) is 0 Å². The van der Waals surface area contributed by atoms with Crippen molar-refractivity contribution in [1.29, 1.82) is 0 Å². The van der Waals surface area contributed by atoms with Crippen LogP contribution in [0.25, 0.3) is 0 Å². The lowest BCUT2D eigenvalue weighted by atomic mass is 10.3. The minimum Gasteiger partial charge on any atom is -0.456 e. The molecular formula is C13H13BrN2O2. The second-order valence-electron chi connectivity index (χ2n) is 3.81. The summed E-state index contributed by atoms with van der Waals surface area (Å²) in [4.78, 5) is 11.9. The second kappa shape index (κ2) is 5.27. The maximum atomic E-state index is 11.9. The molecule has 1 aromatic heterocycles. The Morgan fingerprint density at radius 2 is 2.17 bits per heavy atom. The molecule has 1 heterocycles. The highest BCUT2D eigenvalue weighted by Gasteiger charge is 2.12. The zero-order valence-electron chi connectivity index (χ0n) is 9.87. The smallest absolute Gasteiger partial charge is 0.291 e. The molecule has 4 nitrogen and oxygen atoms in total. The van der Waals surface area contributed by atoms with Crippen molar-refractivity contribution < 1.29 is 9.21 Å². The standard InChI is InChI=1S/C13H13BrN2O2/c1-2-9-4-6-12(18-9)13(17)16-11-5-3-8(15)7-10(11)14/h3-7H,2,15H2,1H3,(H,16,17). The van der Waals surface area contributed by atoms with Crippen molar-refractivity contribution in [2.45, 2.75) is 13.3 Å². The lowest BCUT2D eigenvalue weighted by Crippen LogP contribution is -2.11. The molecule has 0 aliphatic heterocycles. The molecule has 1 aromatic carbocycles. The van der Waals surface area contributed by atoms with Gasteiger partial charge in [-0.15, -0.1) is 0 Å². The van der Waals surface area contributed by atoms with Gasteiger partial charge in [0.15, 0.2) is 5.76 Å². The number of rotatable bonds is 3. The summed E-state index contributed by atoms with van der Waals surface area (Å²) in [5, 5.41) is 2.76. The van der Waals surface area contributed by atoms with Crippen LogP contribution in [0.4, 0.5) is 11.4 Å². The van der Waals surface area contributed by atoms with Gasteiger partial charge in [-0.05, 0) is 46.3 Å². The SMILES string of the molecule is CCc1ccc(C(=O)Nc2ccc(N)cc2Br)o1. The first-order chi connectivity index (χ1) is 8.60. The average Bonchev–Trinajstić information content (AvgIpc) is 2.81. The third kappa shape index (κ3) is 2.73. The van der Waals surface area contributed by atoms with Gasteiger partial charge in [0.05, 0.1) is 5.69 Å². The topological polar surface area (TPSA) is 68.3 Å². The fourth-order valence-corrected chi connectivity index (χ4v) is 2.00. The van der Waals surface area contributed by atoms with E-state index >= 15 is 0 Å². The number of carbonyl (C=O) groups excluding carboxylic acids is 1. The van der Waals surface area contributed by atoms with E-state index in [4.69, 9.17) is 10.2 Å². The molecule has 0 spiro atoms. The first-order valence-electron chi connectivity index (χ1n) is 5.55. The Labute approximate surface area is 113 Å². The van der Waals surface area contributed by atoms with Crippen LogP contribution in [0.5, 0.6) is 0 Å². The van der Waals surface area contributed by atoms with Gasteiger partial charge in [-0.25, -0.2) is 0 Å². The molecule has 2 rings (SSSR count). The number of carbonyl (C=O) groups is 1. The van der Waals surface area contributed by atoms with Crippen LogP contribution in [0.1, 0.15) is 23.2 Å². The number of nitrogens with two attached hydrogens (primary N) is 1. The van der Waals surface area contributed by atoms with E-state index in [2.05, 4.69) is 21.2 Å². The maximum Gasteiger partial charge on any atom is 0.291 e. The Kier molecular flexibility index (Phi) is 3.72. The molecule has 0 aliphatic carbocycles. The van der Waals surface area contributed by atoms with Gasteiger partial charge in [-0.1, -0.05) is 6.92 Å². The van der Waals surface area contributed by atoms with Crippen molar-refractivity contribution >= 4 is 33.2 Å². The van der Waals surface area contributed by atoms with Crippen molar-refractivity contribution in [1.82, 2.24) is 0 Å². The predicted octanol–water partition coefficient (Wildman–Crippen LogP) is 3.44. The number of hydrogen-bond donors (Lipinski definition) is 2. The van der Waals surface area contributed by atoms with E-state index in [1.165, 1.54) is 0 Å². The molecule has 0 fully saturated rings. The number of aryl methyl sites for hydroxylation is 1. The molecule has 2 aromatic rings. The molecule has 0 unspecified atom stereocenters. The van der Waals surface area contributed by atoms with Gasteiger partial charge in [0, 0.05) is 16.6 Å². The summed E-state index contributed by atoms with van der Waals surface area (Å²) >= 11 is 3.34. The second-order valence-corrected chi connectivity index (χ2v) is 4.67. The van der Waals surface area contributed by atoms with Crippen LogP contribution in [0.15, 0.2) is 39.2 Å². The lowest BCUT2D eigenvalue weighted by molar-refractivity contribution is 0.0995. The molecule has 1 amide bonds. The molecule has 18 heavy (non-hydrogen) atoms. The molecule has 0 radical (unpaired) electrons. The van der Waals surface area contributed by atoms with E-state index in [0.717, 1.165) is 16.7 Å². The van der Waals surface area contributed by atoms with Crippen molar-refractivity contribution in [3.63, 3.8) is 0 Å². The molecule has 3 N–H and O–H groups in total. The highest BCUT2D eigenvalue weighted by molar-refractivity contribution is 9.10.